The fourth-order valence-corrected chi connectivity index (χ4v) is 2.45. The molecule has 1 aromatic rings. The van der Waals surface area contributed by atoms with Crippen LogP contribution in [0.1, 0.15) is 25.3 Å². The maximum absolute atomic E-state index is 8.94. The molecule has 1 aliphatic rings. The van der Waals surface area contributed by atoms with Crippen LogP contribution in [0.2, 0.25) is 0 Å². The van der Waals surface area contributed by atoms with Gasteiger partial charge in [0.15, 0.2) is 5.82 Å². The van der Waals surface area contributed by atoms with Crippen LogP contribution in [0, 0.1) is 11.3 Å². The standard InChI is InChI=1S/C9H12N4S/c1-2-13(6-3-4-6)9-7(5-10)8(11)12-14-9/h6H,2-4H2,1H3,(H2,11,12). The van der Waals surface area contributed by atoms with Gasteiger partial charge in [-0.1, -0.05) is 0 Å². The van der Waals surface area contributed by atoms with E-state index in [2.05, 4.69) is 22.3 Å². The van der Waals surface area contributed by atoms with Gasteiger partial charge >= 0.3 is 0 Å². The Morgan fingerprint density at radius 3 is 2.93 bits per heavy atom. The van der Waals surface area contributed by atoms with Crippen LogP contribution in [0.3, 0.4) is 0 Å². The molecule has 2 rings (SSSR count). The van der Waals surface area contributed by atoms with Crippen molar-refractivity contribution in [1.82, 2.24) is 4.37 Å². The van der Waals surface area contributed by atoms with Gasteiger partial charge in [-0.3, -0.25) is 0 Å². The summed E-state index contributed by atoms with van der Waals surface area (Å²) in [5.41, 5.74) is 6.16. The molecule has 4 nitrogen and oxygen atoms in total. The summed E-state index contributed by atoms with van der Waals surface area (Å²) in [6.45, 7) is 3.01. The first-order valence-electron chi connectivity index (χ1n) is 4.69. The Hall–Kier alpha value is -1.28. The summed E-state index contributed by atoms with van der Waals surface area (Å²) >= 11 is 1.33. The SMILES string of the molecule is CCN(c1snc(N)c1C#N)C1CC1. The molecule has 0 saturated heterocycles. The molecule has 1 aromatic heterocycles. The smallest absolute Gasteiger partial charge is 0.157 e. The molecule has 1 fully saturated rings. The third-order valence-electron chi connectivity index (χ3n) is 2.40. The molecule has 74 valence electrons. The van der Waals surface area contributed by atoms with Gasteiger partial charge in [0.2, 0.25) is 0 Å². The maximum Gasteiger partial charge on any atom is 0.157 e. The van der Waals surface area contributed by atoms with Gasteiger partial charge in [-0.05, 0) is 31.3 Å². The fraction of sp³-hybridized carbons (Fsp3) is 0.556. The van der Waals surface area contributed by atoms with Crippen molar-refractivity contribution in [2.45, 2.75) is 25.8 Å². The monoisotopic (exact) mass is 208 g/mol. The van der Waals surface area contributed by atoms with Crippen molar-refractivity contribution in [2.75, 3.05) is 17.2 Å². The van der Waals surface area contributed by atoms with Crippen LogP contribution >= 0.6 is 11.5 Å². The third-order valence-corrected chi connectivity index (χ3v) is 3.30. The van der Waals surface area contributed by atoms with Crippen LogP contribution in [0.25, 0.3) is 0 Å². The number of aromatic nitrogens is 1. The zero-order chi connectivity index (χ0) is 10.1. The molecule has 1 heterocycles. The highest BCUT2D eigenvalue weighted by Crippen LogP contribution is 2.37. The number of nitrogen functional groups attached to an aromatic ring is 1. The zero-order valence-electron chi connectivity index (χ0n) is 8.03. The van der Waals surface area contributed by atoms with Gasteiger partial charge in [-0.15, -0.1) is 0 Å². The summed E-state index contributed by atoms with van der Waals surface area (Å²) in [5, 5.41) is 9.88. The molecule has 2 N–H and O–H groups in total. The van der Waals surface area contributed by atoms with E-state index in [1.807, 2.05) is 0 Å². The first-order valence-corrected chi connectivity index (χ1v) is 5.47. The van der Waals surface area contributed by atoms with E-state index >= 15 is 0 Å². The van der Waals surface area contributed by atoms with Crippen LogP contribution < -0.4 is 10.6 Å². The molecule has 1 aliphatic carbocycles. The number of nitrogens with zero attached hydrogens (tertiary/aromatic N) is 3. The normalized spacial score (nSPS) is 15.1. The number of rotatable bonds is 3. The molecule has 0 aromatic carbocycles. The van der Waals surface area contributed by atoms with Crippen molar-refractivity contribution in [1.29, 1.82) is 5.26 Å². The Morgan fingerprint density at radius 1 is 1.71 bits per heavy atom. The average molecular weight is 208 g/mol. The van der Waals surface area contributed by atoms with Crippen LogP contribution in [0.15, 0.2) is 0 Å². The molecule has 5 heteroatoms. The molecule has 0 spiro atoms. The van der Waals surface area contributed by atoms with E-state index in [1.54, 1.807) is 0 Å². The van der Waals surface area contributed by atoms with Crippen molar-refractivity contribution < 1.29 is 0 Å². The Morgan fingerprint density at radius 2 is 2.43 bits per heavy atom. The largest absolute Gasteiger partial charge is 0.382 e. The lowest BCUT2D eigenvalue weighted by Gasteiger charge is -2.20. The second kappa shape index (κ2) is 3.46. The van der Waals surface area contributed by atoms with Crippen molar-refractivity contribution in [2.24, 2.45) is 0 Å². The van der Waals surface area contributed by atoms with Gasteiger partial charge in [0.05, 0.1) is 0 Å². The summed E-state index contributed by atoms with van der Waals surface area (Å²) < 4.78 is 4.02. The van der Waals surface area contributed by atoms with E-state index in [-0.39, 0.29) is 0 Å². The first-order chi connectivity index (χ1) is 6.77. The van der Waals surface area contributed by atoms with Crippen LogP contribution in [-0.2, 0) is 0 Å². The highest BCUT2D eigenvalue weighted by Gasteiger charge is 2.31. The molecule has 0 radical (unpaired) electrons. The van der Waals surface area contributed by atoms with Crippen LogP contribution in [0.5, 0.6) is 0 Å². The third kappa shape index (κ3) is 1.42. The summed E-state index contributed by atoms with van der Waals surface area (Å²) in [6, 6.07) is 2.73. The first kappa shape index (κ1) is 9.28. The number of hydrogen-bond donors (Lipinski definition) is 1. The minimum atomic E-state index is 0.367. The minimum Gasteiger partial charge on any atom is -0.382 e. The van der Waals surface area contributed by atoms with Gasteiger partial charge in [-0.25, -0.2) is 0 Å². The Kier molecular flexibility index (Phi) is 2.30. The van der Waals surface area contributed by atoms with Crippen LogP contribution in [0.4, 0.5) is 10.8 Å². The summed E-state index contributed by atoms with van der Waals surface area (Å²) in [7, 11) is 0. The molecular weight excluding hydrogens is 196 g/mol. The number of nitriles is 1. The molecule has 14 heavy (non-hydrogen) atoms. The van der Waals surface area contributed by atoms with Crippen molar-refractivity contribution in [3.05, 3.63) is 5.56 Å². The van der Waals surface area contributed by atoms with Gasteiger partial charge in [0.25, 0.3) is 0 Å². The van der Waals surface area contributed by atoms with Gasteiger partial charge in [0.1, 0.15) is 16.6 Å². The van der Waals surface area contributed by atoms with Gasteiger partial charge in [-0.2, -0.15) is 9.64 Å². The van der Waals surface area contributed by atoms with Crippen molar-refractivity contribution in [3.63, 3.8) is 0 Å². The highest BCUT2D eigenvalue weighted by atomic mass is 32.1. The topological polar surface area (TPSA) is 65.9 Å². The molecule has 0 bridgehead atoms. The van der Waals surface area contributed by atoms with E-state index in [1.165, 1.54) is 24.4 Å². The molecule has 0 atom stereocenters. The number of hydrogen-bond acceptors (Lipinski definition) is 5. The van der Waals surface area contributed by atoms with Gasteiger partial charge < -0.3 is 10.6 Å². The molecular formula is C9H12N4S. The summed E-state index contributed by atoms with van der Waals surface area (Å²) in [6.07, 6.45) is 2.44. The van der Waals surface area contributed by atoms with E-state index in [0.29, 0.717) is 17.4 Å². The van der Waals surface area contributed by atoms with E-state index < -0.39 is 0 Å². The Balaban J connectivity index is 2.34. The fourth-order valence-electron chi connectivity index (χ4n) is 1.55. The molecule has 1 saturated carbocycles. The number of anilines is 2. The Labute approximate surface area is 87.1 Å². The lowest BCUT2D eigenvalue weighted by molar-refractivity contribution is 0.834. The quantitative estimate of drug-likeness (QED) is 0.819. The second-order valence-electron chi connectivity index (χ2n) is 3.38. The van der Waals surface area contributed by atoms with Crippen LogP contribution in [-0.4, -0.2) is 17.0 Å². The summed E-state index contributed by atoms with van der Waals surface area (Å²) in [5.74, 6) is 0.367. The molecule has 0 amide bonds. The second-order valence-corrected chi connectivity index (χ2v) is 4.13. The Bertz CT molecular complexity index is 375. The predicted molar refractivity (Wildman–Crippen MR) is 57.3 cm³/mol. The molecule has 0 aliphatic heterocycles. The lowest BCUT2D eigenvalue weighted by atomic mass is 10.3. The maximum atomic E-state index is 8.94. The average Bonchev–Trinajstić information content (AvgIpc) is 2.93. The molecule has 0 unspecified atom stereocenters. The number of nitrogens with two attached hydrogens (primary N) is 1. The minimum absolute atomic E-state index is 0.367. The van der Waals surface area contributed by atoms with E-state index in [4.69, 9.17) is 11.0 Å². The predicted octanol–water partition coefficient (Wildman–Crippen LogP) is 1.59. The van der Waals surface area contributed by atoms with Crippen molar-refractivity contribution >= 4 is 22.4 Å². The van der Waals surface area contributed by atoms with E-state index in [9.17, 15) is 0 Å². The summed E-state index contributed by atoms with van der Waals surface area (Å²) in [4.78, 5) is 2.23. The van der Waals surface area contributed by atoms with Crippen molar-refractivity contribution in [3.8, 4) is 6.07 Å². The van der Waals surface area contributed by atoms with E-state index in [0.717, 1.165) is 11.5 Å². The lowest BCUT2D eigenvalue weighted by Crippen LogP contribution is -2.24. The van der Waals surface area contributed by atoms with Gasteiger partial charge in [0, 0.05) is 12.6 Å². The zero-order valence-corrected chi connectivity index (χ0v) is 8.84. The highest BCUT2D eigenvalue weighted by molar-refractivity contribution is 7.10.